The molecule has 3 aliphatic rings. The average Bonchev–Trinajstić information content (AvgIpc) is 3.66. The van der Waals surface area contributed by atoms with Crippen molar-refractivity contribution < 1.29 is 24.2 Å². The molecule has 3 amide bonds. The normalized spacial score (nSPS) is 26.9. The van der Waals surface area contributed by atoms with E-state index in [9.17, 15) is 14.7 Å². The second-order valence-corrected chi connectivity index (χ2v) is 13.2. The van der Waals surface area contributed by atoms with Crippen molar-refractivity contribution in [1.29, 1.82) is 0 Å². The summed E-state index contributed by atoms with van der Waals surface area (Å²) >= 11 is 6.73. The lowest BCUT2D eigenvalue weighted by Crippen LogP contribution is -2.59. The third-order valence-electron chi connectivity index (χ3n) is 10.2. The maximum absolute atomic E-state index is 15.2. The van der Waals surface area contributed by atoms with Crippen LogP contribution in [0.15, 0.2) is 73.8 Å². The number of halogens is 1. The number of hydrogen-bond donors (Lipinski definition) is 1. The standard InChI is InChI=1S/C37H46ClN3O5/c1-6-20-39(21-7-2)33(43)29-30-34(44)41(27(24-42)23-26-15-11-10-12-16-26)32(37(30)19-18-36(29,9-4)46-37)35(45)40(22-8-3)31-25(5)14-13-17-28(31)38/h6,8,10-17,27,29-30,32,42H,1,3,7,9,18-24H2,2,4-5H3/t27-,29-,30+,32?,36+,37?/m1/s1. The lowest BCUT2D eigenvalue weighted by Gasteiger charge is -2.40. The quantitative estimate of drug-likeness (QED) is 0.279. The van der Waals surface area contributed by atoms with E-state index in [1.807, 2.05) is 63.2 Å². The highest BCUT2D eigenvalue weighted by Gasteiger charge is 2.79. The maximum atomic E-state index is 15.2. The lowest BCUT2D eigenvalue weighted by atomic mass is 9.64. The molecule has 1 N–H and O–H groups in total. The molecule has 8 nitrogen and oxygen atoms in total. The van der Waals surface area contributed by atoms with Crippen molar-refractivity contribution in [1.82, 2.24) is 9.80 Å². The van der Waals surface area contributed by atoms with Crippen molar-refractivity contribution in [2.45, 2.75) is 76.2 Å². The summed E-state index contributed by atoms with van der Waals surface area (Å²) in [6, 6.07) is 13.2. The van der Waals surface area contributed by atoms with Crippen molar-refractivity contribution in [3.8, 4) is 0 Å². The Morgan fingerprint density at radius 1 is 1.09 bits per heavy atom. The Kier molecular flexibility index (Phi) is 10.1. The van der Waals surface area contributed by atoms with Crippen LogP contribution in [0.4, 0.5) is 5.69 Å². The summed E-state index contributed by atoms with van der Waals surface area (Å²) in [5.41, 5.74) is 0.116. The third-order valence-corrected chi connectivity index (χ3v) is 10.5. The van der Waals surface area contributed by atoms with Crippen LogP contribution in [-0.4, -0.2) is 82.2 Å². The van der Waals surface area contributed by atoms with Crippen LogP contribution in [0.5, 0.6) is 0 Å². The third kappa shape index (κ3) is 5.48. The van der Waals surface area contributed by atoms with Gasteiger partial charge in [0.25, 0.3) is 5.91 Å². The van der Waals surface area contributed by atoms with Crippen LogP contribution in [0.1, 0.15) is 50.7 Å². The van der Waals surface area contributed by atoms with E-state index in [-0.39, 0.29) is 30.9 Å². The minimum Gasteiger partial charge on any atom is -0.394 e. The molecule has 0 aromatic heterocycles. The molecule has 3 heterocycles. The predicted molar refractivity (Wildman–Crippen MR) is 181 cm³/mol. The number of fused-ring (bicyclic) bond motifs is 1. The summed E-state index contributed by atoms with van der Waals surface area (Å²) < 4.78 is 7.04. The molecule has 6 atom stereocenters. The molecular weight excluding hydrogens is 602 g/mol. The minimum absolute atomic E-state index is 0.148. The van der Waals surface area contributed by atoms with Gasteiger partial charge in [-0.25, -0.2) is 0 Å². The predicted octanol–water partition coefficient (Wildman–Crippen LogP) is 5.35. The number of nitrogens with zero attached hydrogens (tertiary/aromatic N) is 3. The van der Waals surface area contributed by atoms with Gasteiger partial charge in [0.15, 0.2) is 0 Å². The van der Waals surface area contributed by atoms with Gasteiger partial charge in [-0.15, -0.1) is 13.2 Å². The number of aliphatic hydroxyl groups is 1. The maximum Gasteiger partial charge on any atom is 0.253 e. The summed E-state index contributed by atoms with van der Waals surface area (Å²) in [6.45, 7) is 14.3. The Morgan fingerprint density at radius 2 is 1.80 bits per heavy atom. The number of hydrogen-bond acceptors (Lipinski definition) is 5. The number of anilines is 1. The van der Waals surface area contributed by atoms with Gasteiger partial charge in [-0.1, -0.05) is 80.1 Å². The van der Waals surface area contributed by atoms with Crippen molar-refractivity contribution >= 4 is 35.0 Å². The largest absolute Gasteiger partial charge is 0.394 e. The van der Waals surface area contributed by atoms with Gasteiger partial charge in [0, 0.05) is 19.6 Å². The van der Waals surface area contributed by atoms with Gasteiger partial charge in [0.05, 0.1) is 40.8 Å². The van der Waals surface area contributed by atoms with Crippen molar-refractivity contribution in [3.05, 3.63) is 90.0 Å². The Bertz CT molecular complexity index is 1460. The second kappa shape index (κ2) is 13.7. The van der Waals surface area contributed by atoms with Crippen molar-refractivity contribution in [2.24, 2.45) is 11.8 Å². The first-order chi connectivity index (χ1) is 22.1. The van der Waals surface area contributed by atoms with Crippen LogP contribution in [0.3, 0.4) is 0 Å². The van der Waals surface area contributed by atoms with E-state index >= 15 is 4.79 Å². The summed E-state index contributed by atoms with van der Waals surface area (Å²) in [4.78, 5) is 49.5. The number of amides is 3. The molecule has 246 valence electrons. The molecule has 9 heteroatoms. The minimum atomic E-state index is -1.25. The summed E-state index contributed by atoms with van der Waals surface area (Å²) in [5, 5.41) is 11.3. The number of aliphatic hydroxyl groups excluding tert-OH is 1. The molecule has 5 rings (SSSR count). The van der Waals surface area contributed by atoms with Gasteiger partial charge in [-0.05, 0) is 56.2 Å². The zero-order valence-electron chi connectivity index (χ0n) is 27.2. The molecule has 0 radical (unpaired) electrons. The lowest BCUT2D eigenvalue weighted by molar-refractivity contribution is -0.153. The number of carbonyl (C=O) groups is 3. The Balaban J connectivity index is 1.68. The van der Waals surface area contributed by atoms with Gasteiger partial charge < -0.3 is 24.5 Å². The number of ether oxygens (including phenoxy) is 1. The van der Waals surface area contributed by atoms with E-state index in [0.29, 0.717) is 49.5 Å². The first kappa shape index (κ1) is 33.9. The Morgan fingerprint density at radius 3 is 2.41 bits per heavy atom. The van der Waals surface area contributed by atoms with Gasteiger partial charge in [-0.2, -0.15) is 0 Å². The molecule has 46 heavy (non-hydrogen) atoms. The summed E-state index contributed by atoms with van der Waals surface area (Å²) in [6.07, 6.45) is 5.93. The Labute approximate surface area is 277 Å². The molecule has 1 spiro atoms. The molecule has 2 aromatic rings. The molecule has 2 bridgehead atoms. The van der Waals surface area contributed by atoms with E-state index in [0.717, 1.165) is 17.5 Å². The van der Waals surface area contributed by atoms with Crippen LogP contribution in [0, 0.1) is 18.8 Å². The molecule has 3 saturated heterocycles. The fraction of sp³-hybridized carbons (Fsp3) is 0.486. The zero-order chi connectivity index (χ0) is 33.2. The van der Waals surface area contributed by atoms with Gasteiger partial charge in [0.2, 0.25) is 11.8 Å². The first-order valence-electron chi connectivity index (χ1n) is 16.4. The smallest absolute Gasteiger partial charge is 0.253 e. The molecule has 0 saturated carbocycles. The van der Waals surface area contributed by atoms with Crippen LogP contribution in [0.25, 0.3) is 0 Å². The van der Waals surface area contributed by atoms with Gasteiger partial charge in [0.1, 0.15) is 11.6 Å². The van der Waals surface area contributed by atoms with E-state index in [2.05, 4.69) is 13.2 Å². The van der Waals surface area contributed by atoms with Crippen LogP contribution < -0.4 is 4.90 Å². The highest BCUT2D eigenvalue weighted by atomic mass is 35.5. The molecule has 3 aliphatic heterocycles. The van der Waals surface area contributed by atoms with E-state index in [1.54, 1.807) is 32.9 Å². The van der Waals surface area contributed by atoms with Crippen LogP contribution >= 0.6 is 11.6 Å². The molecule has 0 aliphatic carbocycles. The fourth-order valence-electron chi connectivity index (χ4n) is 8.29. The number of aryl methyl sites for hydroxylation is 1. The number of likely N-dealkylation sites (tertiary alicyclic amines) is 1. The van der Waals surface area contributed by atoms with E-state index < -0.39 is 35.1 Å². The highest BCUT2D eigenvalue weighted by Crippen LogP contribution is 2.65. The number of carbonyl (C=O) groups excluding carboxylic acids is 3. The SMILES string of the molecule is C=CCN(CCC)C(=O)[C@H]1[C@H]2C(=O)N([C@@H](CO)Cc3ccccc3)C(C(=O)N(CC=C)c3c(C)cccc3Cl)C23CC[C@]1(CC)O3. The Hall–Kier alpha value is -3.46. The summed E-state index contributed by atoms with van der Waals surface area (Å²) in [7, 11) is 0. The highest BCUT2D eigenvalue weighted by molar-refractivity contribution is 6.34. The number of benzene rings is 2. The summed E-state index contributed by atoms with van der Waals surface area (Å²) in [5.74, 6) is -2.49. The molecule has 2 aromatic carbocycles. The zero-order valence-corrected chi connectivity index (χ0v) is 27.9. The molecular formula is C37H46ClN3O5. The van der Waals surface area contributed by atoms with E-state index in [1.165, 1.54) is 0 Å². The van der Waals surface area contributed by atoms with Crippen molar-refractivity contribution in [2.75, 3.05) is 31.1 Å². The number of para-hydroxylation sites is 1. The van der Waals surface area contributed by atoms with Crippen LogP contribution in [0.2, 0.25) is 5.02 Å². The molecule has 3 fully saturated rings. The van der Waals surface area contributed by atoms with Gasteiger partial charge in [-0.3, -0.25) is 14.4 Å². The van der Waals surface area contributed by atoms with Crippen molar-refractivity contribution in [3.63, 3.8) is 0 Å². The van der Waals surface area contributed by atoms with Gasteiger partial charge >= 0.3 is 0 Å². The second-order valence-electron chi connectivity index (χ2n) is 12.8. The molecule has 2 unspecified atom stereocenters. The van der Waals surface area contributed by atoms with E-state index in [4.69, 9.17) is 16.3 Å². The topological polar surface area (TPSA) is 90.4 Å². The average molecular weight is 648 g/mol. The number of rotatable bonds is 14. The first-order valence-corrected chi connectivity index (χ1v) is 16.8. The monoisotopic (exact) mass is 647 g/mol. The fourth-order valence-corrected chi connectivity index (χ4v) is 8.61. The van der Waals surface area contributed by atoms with Crippen LogP contribution in [-0.2, 0) is 25.5 Å².